The third-order valence-electron chi connectivity index (χ3n) is 7.45. The molecule has 218 valence electrons. The molecular formula is C28H30F4N6O3. The van der Waals surface area contributed by atoms with E-state index in [0.717, 1.165) is 6.20 Å². The van der Waals surface area contributed by atoms with E-state index in [1.807, 2.05) is 29.8 Å². The SMILES string of the molecule is C[C@H]1CN(c2cc(F)c(-c3cccc(N4CCOCC4)n3)cc2NC(=O)c2c[nH]c(=O)cc2C(F)(F)F)CCN1C. The van der Waals surface area contributed by atoms with Crippen LogP contribution in [0, 0.1) is 5.82 Å². The second-order valence-electron chi connectivity index (χ2n) is 10.2. The fourth-order valence-electron chi connectivity index (χ4n) is 5.01. The summed E-state index contributed by atoms with van der Waals surface area (Å²) in [4.78, 5) is 37.7. The summed E-state index contributed by atoms with van der Waals surface area (Å²) in [7, 11) is 1.97. The second-order valence-corrected chi connectivity index (χ2v) is 10.2. The summed E-state index contributed by atoms with van der Waals surface area (Å²) in [5.41, 5.74) is -2.26. The van der Waals surface area contributed by atoms with Gasteiger partial charge in [0.1, 0.15) is 11.6 Å². The number of rotatable bonds is 5. The molecule has 0 unspecified atom stereocenters. The van der Waals surface area contributed by atoms with E-state index < -0.39 is 34.6 Å². The first-order valence-corrected chi connectivity index (χ1v) is 13.2. The first-order valence-electron chi connectivity index (χ1n) is 13.2. The maximum absolute atomic E-state index is 15.7. The summed E-state index contributed by atoms with van der Waals surface area (Å²) < 4.78 is 62.2. The maximum atomic E-state index is 15.7. The molecule has 2 aliphatic rings. The van der Waals surface area contributed by atoms with Gasteiger partial charge in [-0.15, -0.1) is 0 Å². The van der Waals surface area contributed by atoms with Crippen molar-refractivity contribution in [2.75, 3.05) is 68.1 Å². The van der Waals surface area contributed by atoms with Gasteiger partial charge in [-0.25, -0.2) is 9.37 Å². The number of benzene rings is 1. The lowest BCUT2D eigenvalue weighted by atomic mass is 10.0. The van der Waals surface area contributed by atoms with Crippen molar-refractivity contribution in [2.24, 2.45) is 0 Å². The van der Waals surface area contributed by atoms with Crippen molar-refractivity contribution in [3.8, 4) is 11.3 Å². The number of H-pyrrole nitrogens is 1. The average molecular weight is 575 g/mol. The van der Waals surface area contributed by atoms with Gasteiger partial charge in [0.05, 0.1) is 41.4 Å². The number of carbonyl (C=O) groups excluding carboxylic acids is 1. The highest BCUT2D eigenvalue weighted by Gasteiger charge is 2.36. The van der Waals surface area contributed by atoms with Crippen molar-refractivity contribution in [3.05, 3.63) is 69.9 Å². The van der Waals surface area contributed by atoms with Crippen molar-refractivity contribution in [3.63, 3.8) is 0 Å². The van der Waals surface area contributed by atoms with Crippen molar-refractivity contribution in [2.45, 2.75) is 19.1 Å². The van der Waals surface area contributed by atoms with Crippen molar-refractivity contribution < 1.29 is 27.1 Å². The molecule has 0 spiro atoms. The molecule has 0 saturated carbocycles. The first-order chi connectivity index (χ1) is 19.5. The fraction of sp³-hybridized carbons (Fsp3) is 0.393. The van der Waals surface area contributed by atoms with Gasteiger partial charge in [-0.05, 0) is 38.2 Å². The third-order valence-corrected chi connectivity index (χ3v) is 7.45. The van der Waals surface area contributed by atoms with Crippen LogP contribution in [0.15, 0.2) is 47.4 Å². The molecule has 1 atom stereocenters. The smallest absolute Gasteiger partial charge is 0.378 e. The lowest BCUT2D eigenvalue weighted by molar-refractivity contribution is -0.138. The molecular weight excluding hydrogens is 544 g/mol. The minimum atomic E-state index is -4.94. The van der Waals surface area contributed by atoms with Crippen LogP contribution in [0.2, 0.25) is 0 Å². The van der Waals surface area contributed by atoms with Crippen LogP contribution in [0.25, 0.3) is 11.3 Å². The van der Waals surface area contributed by atoms with Gasteiger partial charge in [0, 0.05) is 56.6 Å². The molecule has 9 nitrogen and oxygen atoms in total. The molecule has 2 N–H and O–H groups in total. The zero-order chi connectivity index (χ0) is 29.3. The Morgan fingerprint density at radius 3 is 2.56 bits per heavy atom. The number of hydrogen-bond donors (Lipinski definition) is 2. The van der Waals surface area contributed by atoms with E-state index >= 15 is 4.39 Å². The van der Waals surface area contributed by atoms with Crippen molar-refractivity contribution in [1.82, 2.24) is 14.9 Å². The molecule has 5 rings (SSSR count). The molecule has 41 heavy (non-hydrogen) atoms. The van der Waals surface area contributed by atoms with Gasteiger partial charge in [-0.1, -0.05) is 6.07 Å². The molecule has 2 aromatic heterocycles. The molecule has 3 aromatic rings. The molecule has 2 saturated heterocycles. The van der Waals surface area contributed by atoms with Crippen molar-refractivity contribution >= 4 is 23.1 Å². The molecule has 0 aliphatic carbocycles. The highest BCUT2D eigenvalue weighted by Crippen LogP contribution is 2.37. The number of nitrogens with one attached hydrogen (secondary N) is 2. The number of alkyl halides is 3. The number of aromatic nitrogens is 2. The summed E-state index contributed by atoms with van der Waals surface area (Å²) in [6.07, 6.45) is -4.20. The Labute approximate surface area is 233 Å². The number of ether oxygens (including phenoxy) is 1. The Bertz CT molecular complexity index is 1490. The Morgan fingerprint density at radius 1 is 1.10 bits per heavy atom. The summed E-state index contributed by atoms with van der Waals surface area (Å²) in [5, 5.41) is 2.56. The van der Waals surface area contributed by atoms with Crippen LogP contribution in [0.3, 0.4) is 0 Å². The molecule has 0 radical (unpaired) electrons. The Balaban J connectivity index is 1.56. The number of carbonyl (C=O) groups is 1. The Morgan fingerprint density at radius 2 is 1.85 bits per heavy atom. The minimum Gasteiger partial charge on any atom is -0.378 e. The Kier molecular flexibility index (Phi) is 8.00. The van der Waals surface area contributed by atoms with Gasteiger partial charge in [0.2, 0.25) is 5.56 Å². The van der Waals surface area contributed by atoms with Crippen LogP contribution in [0.4, 0.5) is 34.8 Å². The van der Waals surface area contributed by atoms with Gasteiger partial charge in [-0.3, -0.25) is 9.59 Å². The zero-order valence-corrected chi connectivity index (χ0v) is 22.6. The van der Waals surface area contributed by atoms with E-state index in [1.54, 1.807) is 12.1 Å². The van der Waals surface area contributed by atoms with E-state index in [2.05, 4.69) is 20.2 Å². The number of halogens is 4. The van der Waals surface area contributed by atoms with Crippen LogP contribution in [-0.2, 0) is 10.9 Å². The molecule has 0 bridgehead atoms. The predicted molar refractivity (Wildman–Crippen MR) is 147 cm³/mol. The first kappa shape index (κ1) is 28.6. The highest BCUT2D eigenvalue weighted by molar-refractivity contribution is 6.07. The summed E-state index contributed by atoms with van der Waals surface area (Å²) >= 11 is 0. The average Bonchev–Trinajstić information content (AvgIpc) is 2.95. The van der Waals surface area contributed by atoms with E-state index in [1.165, 1.54) is 12.1 Å². The van der Waals surface area contributed by atoms with E-state index in [-0.39, 0.29) is 17.3 Å². The monoisotopic (exact) mass is 574 g/mol. The summed E-state index contributed by atoms with van der Waals surface area (Å²) in [6, 6.07) is 8.32. The lowest BCUT2D eigenvalue weighted by Crippen LogP contribution is -2.50. The topological polar surface area (TPSA) is 93.8 Å². The van der Waals surface area contributed by atoms with E-state index in [4.69, 9.17) is 4.74 Å². The van der Waals surface area contributed by atoms with Gasteiger partial charge in [0.25, 0.3) is 5.91 Å². The van der Waals surface area contributed by atoms with Gasteiger partial charge >= 0.3 is 6.18 Å². The molecule has 1 aromatic carbocycles. The van der Waals surface area contributed by atoms with E-state index in [0.29, 0.717) is 69.2 Å². The zero-order valence-electron chi connectivity index (χ0n) is 22.6. The number of aromatic amines is 1. The number of anilines is 3. The Hall–Kier alpha value is -3.97. The number of nitrogens with zero attached hydrogens (tertiary/aromatic N) is 4. The van der Waals surface area contributed by atoms with Crippen LogP contribution in [0.5, 0.6) is 0 Å². The van der Waals surface area contributed by atoms with Gasteiger partial charge < -0.3 is 29.7 Å². The fourth-order valence-corrected chi connectivity index (χ4v) is 5.01. The number of hydrogen-bond acceptors (Lipinski definition) is 7. The third kappa shape index (κ3) is 6.20. The number of amides is 1. The number of pyridine rings is 2. The maximum Gasteiger partial charge on any atom is 0.417 e. The largest absolute Gasteiger partial charge is 0.417 e. The number of piperazine rings is 1. The molecule has 13 heteroatoms. The van der Waals surface area contributed by atoms with Crippen LogP contribution >= 0.6 is 0 Å². The van der Waals surface area contributed by atoms with Crippen LogP contribution in [-0.4, -0.2) is 79.8 Å². The normalized spacial score (nSPS) is 18.4. The second kappa shape index (κ2) is 11.5. The van der Waals surface area contributed by atoms with Crippen molar-refractivity contribution in [1.29, 1.82) is 0 Å². The highest BCUT2D eigenvalue weighted by atomic mass is 19.4. The molecule has 2 aliphatic heterocycles. The van der Waals surface area contributed by atoms with E-state index in [9.17, 15) is 22.8 Å². The number of likely N-dealkylation sites (N-methyl/N-ethyl adjacent to an activating group) is 1. The molecule has 4 heterocycles. The summed E-state index contributed by atoms with van der Waals surface area (Å²) in [5.74, 6) is -1.04. The van der Waals surface area contributed by atoms with Gasteiger partial charge in [0.15, 0.2) is 0 Å². The minimum absolute atomic E-state index is 0.0823. The summed E-state index contributed by atoms with van der Waals surface area (Å²) in [6.45, 7) is 6.03. The van der Waals surface area contributed by atoms with Gasteiger partial charge in [-0.2, -0.15) is 13.2 Å². The lowest BCUT2D eigenvalue weighted by Gasteiger charge is -2.39. The quantitative estimate of drug-likeness (QED) is 0.448. The standard InChI is InChI=1S/C28H30F4N6O3/c1-17-16-38(7-6-36(17)2)24-14-21(29)18(22-4-3-5-25(34-22)37-8-10-41-11-9-37)12-23(24)35-27(40)19-15-33-26(39)13-20(19)28(30,31)32/h3-5,12-15,17H,6-11,16H2,1-2H3,(H,33,39)(H,35,40)/t17-/m0/s1. The van der Waals surface area contributed by atoms with Crippen LogP contribution in [0.1, 0.15) is 22.8 Å². The number of morpholine rings is 1. The predicted octanol–water partition coefficient (Wildman–Crippen LogP) is 3.82. The molecule has 1 amide bonds. The van der Waals surface area contributed by atoms with Crippen LogP contribution < -0.4 is 20.7 Å². The molecule has 2 fully saturated rings.